The second kappa shape index (κ2) is 5.79. The number of aromatic carboxylic acids is 1. The van der Waals surface area contributed by atoms with Gasteiger partial charge in [-0.05, 0) is 30.3 Å². The van der Waals surface area contributed by atoms with Gasteiger partial charge in [-0.25, -0.2) is 9.18 Å². The van der Waals surface area contributed by atoms with Crippen LogP contribution in [0.25, 0.3) is 0 Å². The smallest absolute Gasteiger partial charge is 0.339 e. The molecule has 0 aliphatic carbocycles. The fourth-order valence-corrected chi connectivity index (χ4v) is 1.86. The van der Waals surface area contributed by atoms with E-state index in [9.17, 15) is 9.18 Å². The normalized spacial score (nSPS) is 10.3. The zero-order valence-corrected chi connectivity index (χ0v) is 11.0. The van der Waals surface area contributed by atoms with Crippen molar-refractivity contribution < 1.29 is 19.0 Å². The molecule has 0 aliphatic rings. The van der Waals surface area contributed by atoms with Crippen molar-refractivity contribution in [3.63, 3.8) is 0 Å². The number of benzene rings is 2. The van der Waals surface area contributed by atoms with E-state index < -0.39 is 11.8 Å². The fraction of sp³-hybridized carbons (Fsp3) is 0.0714. The molecule has 0 saturated carbocycles. The van der Waals surface area contributed by atoms with Crippen LogP contribution in [-0.2, 0) is 6.61 Å². The maximum atomic E-state index is 13.1. The van der Waals surface area contributed by atoms with Gasteiger partial charge < -0.3 is 15.6 Å². The summed E-state index contributed by atoms with van der Waals surface area (Å²) < 4.78 is 18.5. The number of nitrogen functional groups attached to an aromatic ring is 1. The highest BCUT2D eigenvalue weighted by atomic mass is 35.5. The number of carbonyl (C=O) groups is 1. The Morgan fingerprint density at radius 2 is 2.10 bits per heavy atom. The Kier molecular flexibility index (Phi) is 4.10. The average Bonchev–Trinajstić information content (AvgIpc) is 2.40. The molecule has 0 fully saturated rings. The second-order valence-electron chi connectivity index (χ2n) is 4.05. The Morgan fingerprint density at radius 3 is 2.80 bits per heavy atom. The number of hydrogen-bond donors (Lipinski definition) is 2. The molecule has 6 heteroatoms. The Bertz CT molecular complexity index is 661. The van der Waals surface area contributed by atoms with Gasteiger partial charge in [-0.1, -0.05) is 17.7 Å². The molecule has 0 aliphatic heterocycles. The van der Waals surface area contributed by atoms with Crippen molar-refractivity contribution >= 4 is 23.3 Å². The van der Waals surface area contributed by atoms with Crippen LogP contribution in [0.1, 0.15) is 15.9 Å². The standard InChI is InChI=1S/C14H11ClFNO3/c15-11-5-4-9(16)6-8(11)7-20-13-10(14(18)19)2-1-3-12(13)17/h1-6H,7,17H2,(H,18,19). The molecule has 4 nitrogen and oxygen atoms in total. The van der Waals surface area contributed by atoms with Gasteiger partial charge in [0.1, 0.15) is 18.0 Å². The molecule has 0 spiro atoms. The number of anilines is 1. The molecule has 0 unspecified atom stereocenters. The Hall–Kier alpha value is -2.27. The lowest BCUT2D eigenvalue weighted by Gasteiger charge is -2.12. The average molecular weight is 296 g/mol. The van der Waals surface area contributed by atoms with E-state index in [0.717, 1.165) is 0 Å². The van der Waals surface area contributed by atoms with E-state index in [0.29, 0.717) is 10.6 Å². The lowest BCUT2D eigenvalue weighted by Crippen LogP contribution is -2.06. The van der Waals surface area contributed by atoms with E-state index in [4.69, 9.17) is 27.2 Å². The first kappa shape index (κ1) is 14.1. The maximum absolute atomic E-state index is 13.1. The van der Waals surface area contributed by atoms with Gasteiger partial charge in [0, 0.05) is 10.6 Å². The molecular formula is C14H11ClFNO3. The summed E-state index contributed by atoms with van der Waals surface area (Å²) in [5.41, 5.74) is 6.24. The largest absolute Gasteiger partial charge is 0.486 e. The highest BCUT2D eigenvalue weighted by molar-refractivity contribution is 6.31. The molecule has 0 heterocycles. The zero-order valence-electron chi connectivity index (χ0n) is 10.3. The maximum Gasteiger partial charge on any atom is 0.339 e. The van der Waals surface area contributed by atoms with Gasteiger partial charge in [0.05, 0.1) is 5.69 Å². The van der Waals surface area contributed by atoms with Gasteiger partial charge in [0.15, 0.2) is 5.75 Å². The van der Waals surface area contributed by atoms with Crippen molar-refractivity contribution in [2.24, 2.45) is 0 Å². The van der Waals surface area contributed by atoms with E-state index in [1.165, 1.54) is 36.4 Å². The molecule has 0 amide bonds. The van der Waals surface area contributed by atoms with Gasteiger partial charge in [0.25, 0.3) is 0 Å². The molecule has 20 heavy (non-hydrogen) atoms. The van der Waals surface area contributed by atoms with Crippen LogP contribution in [0.15, 0.2) is 36.4 Å². The number of ether oxygens (including phenoxy) is 1. The van der Waals surface area contributed by atoms with E-state index in [1.807, 2.05) is 0 Å². The van der Waals surface area contributed by atoms with Gasteiger partial charge in [-0.3, -0.25) is 0 Å². The van der Waals surface area contributed by atoms with Crippen LogP contribution < -0.4 is 10.5 Å². The molecule has 0 radical (unpaired) electrons. The number of carboxylic acid groups (broad SMARTS) is 1. The molecule has 2 rings (SSSR count). The van der Waals surface area contributed by atoms with Gasteiger partial charge in [-0.15, -0.1) is 0 Å². The topological polar surface area (TPSA) is 72.6 Å². The number of para-hydroxylation sites is 1. The summed E-state index contributed by atoms with van der Waals surface area (Å²) in [7, 11) is 0. The summed E-state index contributed by atoms with van der Waals surface area (Å²) in [6.45, 7) is -0.0783. The molecule has 104 valence electrons. The van der Waals surface area contributed by atoms with Crippen molar-refractivity contribution in [2.45, 2.75) is 6.61 Å². The molecule has 0 aromatic heterocycles. The quantitative estimate of drug-likeness (QED) is 0.849. The summed E-state index contributed by atoms with van der Waals surface area (Å²) in [4.78, 5) is 11.1. The van der Waals surface area contributed by atoms with Crippen molar-refractivity contribution in [3.05, 3.63) is 58.4 Å². The Balaban J connectivity index is 2.27. The molecular weight excluding hydrogens is 285 g/mol. The summed E-state index contributed by atoms with van der Waals surface area (Å²) in [6.07, 6.45) is 0. The second-order valence-corrected chi connectivity index (χ2v) is 4.46. The lowest BCUT2D eigenvalue weighted by atomic mass is 10.1. The van der Waals surface area contributed by atoms with Crippen LogP contribution in [-0.4, -0.2) is 11.1 Å². The number of carboxylic acids is 1. The summed E-state index contributed by atoms with van der Waals surface area (Å²) in [5.74, 6) is -1.56. The van der Waals surface area contributed by atoms with Crippen molar-refractivity contribution in [2.75, 3.05) is 5.73 Å². The SMILES string of the molecule is Nc1cccc(C(=O)O)c1OCc1cc(F)ccc1Cl. The van der Waals surface area contributed by atoms with Crippen LogP contribution in [0.4, 0.5) is 10.1 Å². The van der Waals surface area contributed by atoms with Crippen LogP contribution in [0.3, 0.4) is 0 Å². The first-order valence-electron chi connectivity index (χ1n) is 5.67. The summed E-state index contributed by atoms with van der Waals surface area (Å²) in [6, 6.07) is 8.27. The van der Waals surface area contributed by atoms with E-state index in [1.54, 1.807) is 0 Å². The predicted octanol–water partition coefficient (Wildman–Crippen LogP) is 3.34. The molecule has 0 atom stereocenters. The van der Waals surface area contributed by atoms with Gasteiger partial charge in [0.2, 0.25) is 0 Å². The van der Waals surface area contributed by atoms with Crippen LogP contribution in [0, 0.1) is 5.82 Å². The minimum Gasteiger partial charge on any atom is -0.486 e. The van der Waals surface area contributed by atoms with Crippen molar-refractivity contribution in [3.8, 4) is 5.75 Å². The third-order valence-electron chi connectivity index (χ3n) is 2.66. The summed E-state index contributed by atoms with van der Waals surface area (Å²) in [5, 5.41) is 9.40. The summed E-state index contributed by atoms with van der Waals surface area (Å²) >= 11 is 5.91. The van der Waals surface area contributed by atoms with E-state index >= 15 is 0 Å². The highest BCUT2D eigenvalue weighted by Gasteiger charge is 2.14. The first-order chi connectivity index (χ1) is 9.49. The molecule has 2 aromatic carbocycles. The minimum atomic E-state index is -1.15. The van der Waals surface area contributed by atoms with Gasteiger partial charge >= 0.3 is 5.97 Å². The van der Waals surface area contributed by atoms with E-state index in [-0.39, 0.29) is 23.6 Å². The third kappa shape index (κ3) is 3.00. The third-order valence-corrected chi connectivity index (χ3v) is 3.02. The minimum absolute atomic E-state index is 0.0420. The number of hydrogen-bond acceptors (Lipinski definition) is 3. The van der Waals surface area contributed by atoms with Crippen molar-refractivity contribution in [1.29, 1.82) is 0 Å². The van der Waals surface area contributed by atoms with Crippen LogP contribution in [0.2, 0.25) is 5.02 Å². The Labute approximate surface area is 119 Å². The monoisotopic (exact) mass is 295 g/mol. The number of rotatable bonds is 4. The van der Waals surface area contributed by atoms with Crippen molar-refractivity contribution in [1.82, 2.24) is 0 Å². The fourth-order valence-electron chi connectivity index (χ4n) is 1.69. The molecule has 2 aromatic rings. The van der Waals surface area contributed by atoms with Crippen LogP contribution >= 0.6 is 11.6 Å². The molecule has 0 bridgehead atoms. The predicted molar refractivity (Wildman–Crippen MR) is 73.6 cm³/mol. The molecule has 3 N–H and O–H groups in total. The number of halogens is 2. The van der Waals surface area contributed by atoms with E-state index in [2.05, 4.69) is 0 Å². The Morgan fingerprint density at radius 1 is 1.35 bits per heavy atom. The van der Waals surface area contributed by atoms with Crippen LogP contribution in [0.5, 0.6) is 5.75 Å². The highest BCUT2D eigenvalue weighted by Crippen LogP contribution is 2.28. The zero-order chi connectivity index (χ0) is 14.7. The number of nitrogens with two attached hydrogens (primary N) is 1. The lowest BCUT2D eigenvalue weighted by molar-refractivity contribution is 0.0692. The molecule has 0 saturated heterocycles. The van der Waals surface area contributed by atoms with Gasteiger partial charge in [-0.2, -0.15) is 0 Å². The first-order valence-corrected chi connectivity index (χ1v) is 6.05.